The van der Waals surface area contributed by atoms with E-state index in [4.69, 9.17) is 11.6 Å². The molecule has 1 fully saturated rings. The minimum atomic E-state index is -0.257. The van der Waals surface area contributed by atoms with Gasteiger partial charge in [-0.3, -0.25) is 4.79 Å². The molecule has 0 spiro atoms. The largest absolute Gasteiger partial charge is 0.356 e. The number of rotatable bonds is 5. The van der Waals surface area contributed by atoms with Gasteiger partial charge in [-0.15, -0.1) is 11.3 Å². The molecule has 4 aromatic rings. The summed E-state index contributed by atoms with van der Waals surface area (Å²) in [5.74, 6) is 0.675. The van der Waals surface area contributed by atoms with Crippen molar-refractivity contribution >= 4 is 55.0 Å². The maximum Gasteiger partial charge on any atom is 0.223 e. The van der Waals surface area contributed by atoms with Gasteiger partial charge in [-0.1, -0.05) is 29.8 Å². The number of hydrogen-bond acceptors (Lipinski definition) is 5. The zero-order valence-corrected chi connectivity index (χ0v) is 18.9. The van der Waals surface area contributed by atoms with Crippen LogP contribution in [0.3, 0.4) is 0 Å². The number of amides is 1. The number of thiophene rings is 1. The van der Waals surface area contributed by atoms with Crippen LogP contribution in [0.25, 0.3) is 20.3 Å². The number of hydrogen-bond donors (Lipinski definition) is 1. The van der Waals surface area contributed by atoms with Gasteiger partial charge in [0.15, 0.2) is 0 Å². The lowest BCUT2D eigenvalue weighted by molar-refractivity contribution is -0.125. The van der Waals surface area contributed by atoms with Gasteiger partial charge in [0.2, 0.25) is 5.91 Å². The molecule has 1 aliphatic heterocycles. The second kappa shape index (κ2) is 9.00. The molecule has 0 aliphatic carbocycles. The van der Waals surface area contributed by atoms with Crippen LogP contribution in [0.15, 0.2) is 48.8 Å². The number of carbonyl (C=O) groups excluding carboxylic acids is 1. The third-order valence-corrected chi connectivity index (χ3v) is 7.39. The summed E-state index contributed by atoms with van der Waals surface area (Å²) in [4.78, 5) is 23.7. The molecule has 5 nitrogen and oxygen atoms in total. The zero-order valence-electron chi connectivity index (χ0n) is 17.4. The van der Waals surface area contributed by atoms with Crippen molar-refractivity contribution in [1.82, 2.24) is 15.3 Å². The minimum absolute atomic E-state index is 0.00588. The van der Waals surface area contributed by atoms with Crippen molar-refractivity contribution in [3.8, 4) is 0 Å². The Hall–Kier alpha value is -2.77. The van der Waals surface area contributed by atoms with Crippen LogP contribution in [0, 0.1) is 11.7 Å². The second-order valence-electron chi connectivity index (χ2n) is 8.02. The molecule has 0 radical (unpaired) electrons. The maximum absolute atomic E-state index is 14.4. The molecule has 1 N–H and O–H groups in total. The predicted octanol–water partition coefficient (Wildman–Crippen LogP) is 5.21. The number of piperidine rings is 1. The number of aromatic nitrogens is 2. The van der Waals surface area contributed by atoms with E-state index in [0.29, 0.717) is 22.5 Å². The molecule has 0 bridgehead atoms. The average molecular weight is 469 g/mol. The van der Waals surface area contributed by atoms with Gasteiger partial charge in [0.25, 0.3) is 0 Å². The van der Waals surface area contributed by atoms with Crippen LogP contribution in [0.2, 0.25) is 5.02 Å². The van der Waals surface area contributed by atoms with Gasteiger partial charge in [0.05, 0.1) is 15.6 Å². The molecule has 0 unspecified atom stereocenters. The van der Waals surface area contributed by atoms with E-state index < -0.39 is 0 Å². The Morgan fingerprint density at radius 2 is 1.94 bits per heavy atom. The van der Waals surface area contributed by atoms with Crippen LogP contribution in [-0.2, 0) is 11.2 Å². The number of halogens is 2. The lowest BCUT2D eigenvalue weighted by atomic mass is 9.96. The van der Waals surface area contributed by atoms with Crippen molar-refractivity contribution < 1.29 is 9.18 Å². The maximum atomic E-state index is 14.4. The highest BCUT2D eigenvalue weighted by atomic mass is 35.5. The first-order chi connectivity index (χ1) is 15.6. The van der Waals surface area contributed by atoms with Gasteiger partial charge in [-0.25, -0.2) is 14.4 Å². The highest BCUT2D eigenvalue weighted by Gasteiger charge is 2.27. The lowest BCUT2D eigenvalue weighted by Gasteiger charge is -2.32. The van der Waals surface area contributed by atoms with Crippen LogP contribution >= 0.6 is 22.9 Å². The molecule has 2 aromatic carbocycles. The molecule has 0 atom stereocenters. The number of benzene rings is 2. The fourth-order valence-electron chi connectivity index (χ4n) is 4.27. The van der Waals surface area contributed by atoms with E-state index in [9.17, 15) is 9.18 Å². The van der Waals surface area contributed by atoms with Crippen molar-refractivity contribution in [2.24, 2.45) is 5.92 Å². The van der Waals surface area contributed by atoms with E-state index in [1.54, 1.807) is 6.07 Å². The summed E-state index contributed by atoms with van der Waals surface area (Å²) in [6, 6.07) is 12.8. The number of nitrogens with zero attached hydrogens (tertiary/aromatic N) is 3. The van der Waals surface area contributed by atoms with Crippen LogP contribution in [0.5, 0.6) is 0 Å². The lowest BCUT2D eigenvalue weighted by Crippen LogP contribution is -2.41. The van der Waals surface area contributed by atoms with Crippen molar-refractivity contribution in [2.75, 3.05) is 24.5 Å². The van der Waals surface area contributed by atoms with Crippen molar-refractivity contribution in [3.05, 3.63) is 65.2 Å². The van der Waals surface area contributed by atoms with Gasteiger partial charge >= 0.3 is 0 Å². The molecule has 1 aliphatic rings. The first kappa shape index (κ1) is 21.1. The van der Waals surface area contributed by atoms with Crippen LogP contribution < -0.4 is 10.2 Å². The molecule has 32 heavy (non-hydrogen) atoms. The minimum Gasteiger partial charge on any atom is -0.356 e. The third-order valence-electron chi connectivity index (χ3n) is 6.00. The molecular formula is C24H22ClFN4OS. The number of nitrogens with one attached hydrogen (secondary N) is 1. The summed E-state index contributed by atoms with van der Waals surface area (Å²) in [5, 5.41) is 4.34. The van der Waals surface area contributed by atoms with E-state index >= 15 is 0 Å². The molecule has 164 valence electrons. The van der Waals surface area contributed by atoms with E-state index in [0.717, 1.165) is 53.1 Å². The van der Waals surface area contributed by atoms with Gasteiger partial charge in [0, 0.05) is 35.3 Å². The number of carbonyl (C=O) groups is 1. The Morgan fingerprint density at radius 1 is 1.16 bits per heavy atom. The van der Waals surface area contributed by atoms with Crippen LogP contribution in [0.4, 0.5) is 10.2 Å². The first-order valence-corrected chi connectivity index (χ1v) is 11.9. The van der Waals surface area contributed by atoms with Crippen LogP contribution in [-0.4, -0.2) is 35.5 Å². The first-order valence-electron chi connectivity index (χ1n) is 10.7. The quantitative estimate of drug-likeness (QED) is 0.436. The summed E-state index contributed by atoms with van der Waals surface area (Å²) in [6.07, 6.45) is 3.81. The van der Waals surface area contributed by atoms with Crippen molar-refractivity contribution in [2.45, 2.75) is 19.3 Å². The zero-order chi connectivity index (χ0) is 22.1. The summed E-state index contributed by atoms with van der Waals surface area (Å²) in [6.45, 7) is 2.08. The van der Waals surface area contributed by atoms with Crippen molar-refractivity contribution in [3.63, 3.8) is 0 Å². The van der Waals surface area contributed by atoms with E-state index in [1.165, 1.54) is 23.7 Å². The third kappa shape index (κ3) is 4.14. The van der Waals surface area contributed by atoms with Gasteiger partial charge in [0.1, 0.15) is 18.0 Å². The molecule has 8 heteroatoms. The summed E-state index contributed by atoms with van der Waals surface area (Å²) >= 11 is 7.43. The van der Waals surface area contributed by atoms with Crippen LogP contribution in [0.1, 0.15) is 18.4 Å². The highest BCUT2D eigenvalue weighted by Crippen LogP contribution is 2.39. The Bertz CT molecular complexity index is 1270. The van der Waals surface area contributed by atoms with Crippen molar-refractivity contribution in [1.29, 1.82) is 0 Å². The average Bonchev–Trinajstić information content (AvgIpc) is 3.20. The topological polar surface area (TPSA) is 58.1 Å². The van der Waals surface area contributed by atoms with E-state index in [-0.39, 0.29) is 17.6 Å². The standard InChI is InChI=1S/C24H22ClFN4OS/c25-17-6-4-15(5-7-17)8-11-27-24(31)16-9-12-30(13-10-16)23-22-21(28-14-29-23)20-18(26)2-1-3-19(20)32-22/h1-7,14,16H,8-13H2,(H,27,31). The molecule has 1 amide bonds. The SMILES string of the molecule is O=C(NCCc1ccc(Cl)cc1)C1CCN(c2ncnc3c2sc2cccc(F)c23)CC1. The van der Waals surface area contributed by atoms with E-state index in [1.807, 2.05) is 30.3 Å². The second-order valence-corrected chi connectivity index (χ2v) is 9.51. The Morgan fingerprint density at radius 3 is 2.72 bits per heavy atom. The molecule has 3 heterocycles. The Kier molecular flexibility index (Phi) is 5.93. The smallest absolute Gasteiger partial charge is 0.223 e. The number of anilines is 1. The fraction of sp³-hybridized carbons (Fsp3) is 0.292. The summed E-state index contributed by atoms with van der Waals surface area (Å²) in [7, 11) is 0. The molecule has 1 saturated heterocycles. The molecule has 2 aromatic heterocycles. The monoisotopic (exact) mass is 468 g/mol. The highest BCUT2D eigenvalue weighted by molar-refractivity contribution is 7.26. The van der Waals surface area contributed by atoms with Gasteiger partial charge < -0.3 is 10.2 Å². The summed E-state index contributed by atoms with van der Waals surface area (Å²) in [5.41, 5.74) is 1.81. The predicted molar refractivity (Wildman–Crippen MR) is 128 cm³/mol. The normalized spacial score (nSPS) is 14.9. The molecular weight excluding hydrogens is 447 g/mol. The van der Waals surface area contributed by atoms with Gasteiger partial charge in [-0.05, 0) is 49.1 Å². The van der Waals surface area contributed by atoms with Gasteiger partial charge in [-0.2, -0.15) is 0 Å². The Balaban J connectivity index is 1.22. The molecule has 5 rings (SSSR count). The fourth-order valence-corrected chi connectivity index (χ4v) is 5.58. The van der Waals surface area contributed by atoms with E-state index in [2.05, 4.69) is 20.2 Å². The summed E-state index contributed by atoms with van der Waals surface area (Å²) < 4.78 is 16.1. The number of fused-ring (bicyclic) bond motifs is 3. The molecule has 0 saturated carbocycles. The Labute approximate surface area is 194 Å².